The van der Waals surface area contributed by atoms with Crippen LogP contribution in [0.4, 0.5) is 5.69 Å². The Kier molecular flexibility index (Phi) is 4.36. The topological polar surface area (TPSA) is 67.2 Å². The van der Waals surface area contributed by atoms with Crippen LogP contribution in [0.3, 0.4) is 0 Å². The number of amides is 2. The number of benzene rings is 1. The lowest BCUT2D eigenvalue weighted by Crippen LogP contribution is -2.52. The molecule has 2 heterocycles. The summed E-state index contributed by atoms with van der Waals surface area (Å²) in [4.78, 5) is 28.0. The van der Waals surface area contributed by atoms with Gasteiger partial charge in [0.05, 0.1) is 17.9 Å². The highest BCUT2D eigenvalue weighted by molar-refractivity contribution is 8.02. The van der Waals surface area contributed by atoms with E-state index in [-0.39, 0.29) is 11.8 Å². The number of para-hydroxylation sites is 1. The predicted octanol–water partition coefficient (Wildman–Crippen LogP) is 2.36. The summed E-state index contributed by atoms with van der Waals surface area (Å²) in [5.74, 6) is -0.504. The van der Waals surface area contributed by atoms with Crippen LogP contribution in [0.25, 0.3) is 0 Å². The molecule has 1 aromatic heterocycles. The van der Waals surface area contributed by atoms with Crippen LogP contribution < -0.4 is 5.32 Å². The SMILES string of the molecule is CCn1nccc1CN(C)C(=O)C1(C)Sc2ccccc2NC1=O. The highest BCUT2D eigenvalue weighted by atomic mass is 32.2. The van der Waals surface area contributed by atoms with E-state index in [4.69, 9.17) is 0 Å². The normalized spacial score (nSPS) is 19.5. The summed E-state index contributed by atoms with van der Waals surface area (Å²) in [5.41, 5.74) is 1.70. The van der Waals surface area contributed by atoms with Gasteiger partial charge in [0.15, 0.2) is 4.75 Å². The molecule has 1 N–H and O–H groups in total. The van der Waals surface area contributed by atoms with E-state index < -0.39 is 4.75 Å². The van der Waals surface area contributed by atoms with Crippen molar-refractivity contribution in [1.29, 1.82) is 0 Å². The molecule has 24 heavy (non-hydrogen) atoms. The second-order valence-corrected chi connectivity index (χ2v) is 7.35. The van der Waals surface area contributed by atoms with Crippen molar-refractivity contribution in [3.63, 3.8) is 0 Å². The fourth-order valence-electron chi connectivity index (χ4n) is 2.77. The maximum absolute atomic E-state index is 13.0. The van der Waals surface area contributed by atoms with E-state index in [9.17, 15) is 9.59 Å². The van der Waals surface area contributed by atoms with Gasteiger partial charge in [-0.25, -0.2) is 0 Å². The Morgan fingerprint density at radius 2 is 2.12 bits per heavy atom. The second kappa shape index (κ2) is 6.32. The van der Waals surface area contributed by atoms with Crippen molar-refractivity contribution in [2.45, 2.75) is 36.6 Å². The van der Waals surface area contributed by atoms with Crippen LogP contribution in [-0.4, -0.2) is 38.3 Å². The Bertz CT molecular complexity index is 788. The molecular weight excluding hydrogens is 324 g/mol. The largest absolute Gasteiger partial charge is 0.338 e. The maximum Gasteiger partial charge on any atom is 0.250 e. The Hall–Kier alpha value is -2.28. The van der Waals surface area contributed by atoms with Gasteiger partial charge in [-0.05, 0) is 32.0 Å². The summed E-state index contributed by atoms with van der Waals surface area (Å²) in [6, 6.07) is 9.41. The van der Waals surface area contributed by atoms with E-state index in [1.54, 1.807) is 25.1 Å². The molecule has 1 unspecified atom stereocenters. The molecule has 0 fully saturated rings. The Morgan fingerprint density at radius 1 is 1.38 bits per heavy atom. The minimum absolute atomic E-state index is 0.219. The lowest BCUT2D eigenvalue weighted by Gasteiger charge is -2.34. The molecule has 1 aliphatic rings. The van der Waals surface area contributed by atoms with E-state index in [1.807, 2.05) is 41.9 Å². The first-order chi connectivity index (χ1) is 11.5. The van der Waals surface area contributed by atoms with Gasteiger partial charge in [-0.15, -0.1) is 0 Å². The van der Waals surface area contributed by atoms with Gasteiger partial charge in [-0.2, -0.15) is 5.10 Å². The number of nitrogens with one attached hydrogen (secondary N) is 1. The first-order valence-corrected chi connectivity index (χ1v) is 8.63. The number of rotatable bonds is 4. The molecular formula is C17H20N4O2S. The lowest BCUT2D eigenvalue weighted by molar-refractivity contribution is -0.137. The number of carbonyl (C=O) groups excluding carboxylic acids is 2. The molecule has 7 heteroatoms. The van der Waals surface area contributed by atoms with Gasteiger partial charge in [-0.1, -0.05) is 23.9 Å². The molecule has 0 bridgehead atoms. The van der Waals surface area contributed by atoms with E-state index in [2.05, 4.69) is 10.4 Å². The summed E-state index contributed by atoms with van der Waals surface area (Å²) >= 11 is 1.30. The molecule has 1 aliphatic heterocycles. The molecule has 2 aromatic rings. The van der Waals surface area contributed by atoms with Crippen LogP contribution in [0, 0.1) is 0 Å². The van der Waals surface area contributed by atoms with Crippen molar-refractivity contribution in [3.8, 4) is 0 Å². The zero-order valence-corrected chi connectivity index (χ0v) is 14.8. The van der Waals surface area contributed by atoms with Crippen molar-refractivity contribution in [2.24, 2.45) is 0 Å². The van der Waals surface area contributed by atoms with Gasteiger partial charge < -0.3 is 10.2 Å². The van der Waals surface area contributed by atoms with Crippen LogP contribution in [-0.2, 0) is 22.7 Å². The fraction of sp³-hybridized carbons (Fsp3) is 0.353. The number of aryl methyl sites for hydroxylation is 1. The van der Waals surface area contributed by atoms with Crippen molar-refractivity contribution in [1.82, 2.24) is 14.7 Å². The summed E-state index contributed by atoms with van der Waals surface area (Å²) in [7, 11) is 1.72. The van der Waals surface area contributed by atoms with Crippen LogP contribution in [0.2, 0.25) is 0 Å². The number of nitrogens with zero attached hydrogens (tertiary/aromatic N) is 3. The van der Waals surface area contributed by atoms with E-state index in [0.717, 1.165) is 22.8 Å². The van der Waals surface area contributed by atoms with Crippen molar-refractivity contribution in [2.75, 3.05) is 12.4 Å². The Balaban J connectivity index is 1.82. The number of fused-ring (bicyclic) bond motifs is 1. The van der Waals surface area contributed by atoms with Crippen LogP contribution >= 0.6 is 11.8 Å². The monoisotopic (exact) mass is 344 g/mol. The third-order valence-corrected chi connectivity index (χ3v) is 5.48. The molecule has 0 saturated carbocycles. The molecule has 0 spiro atoms. The van der Waals surface area contributed by atoms with Crippen molar-refractivity contribution < 1.29 is 9.59 Å². The quantitative estimate of drug-likeness (QED) is 0.865. The fourth-order valence-corrected chi connectivity index (χ4v) is 3.97. The van der Waals surface area contributed by atoms with E-state index in [0.29, 0.717) is 6.54 Å². The zero-order chi connectivity index (χ0) is 17.3. The second-order valence-electron chi connectivity index (χ2n) is 5.89. The molecule has 0 saturated heterocycles. The molecule has 1 aromatic carbocycles. The van der Waals surface area contributed by atoms with Gasteiger partial charge in [0.25, 0.3) is 0 Å². The first kappa shape index (κ1) is 16.6. The van der Waals surface area contributed by atoms with Crippen LogP contribution in [0.1, 0.15) is 19.5 Å². The van der Waals surface area contributed by atoms with Crippen LogP contribution in [0.5, 0.6) is 0 Å². The average molecular weight is 344 g/mol. The highest BCUT2D eigenvalue weighted by Crippen LogP contribution is 2.43. The van der Waals surface area contributed by atoms with Crippen molar-refractivity contribution >= 4 is 29.3 Å². The molecule has 2 amide bonds. The molecule has 3 rings (SSSR count). The summed E-state index contributed by atoms with van der Waals surface area (Å²) in [6.45, 7) is 4.84. The van der Waals surface area contributed by atoms with Gasteiger partial charge in [0, 0.05) is 24.7 Å². The standard InChI is InChI=1S/C17H20N4O2S/c1-4-21-12(9-10-18-21)11-20(3)16(23)17(2)15(22)19-13-7-5-6-8-14(13)24-17/h5-10H,4,11H2,1-3H3,(H,19,22). The Morgan fingerprint density at radius 3 is 2.88 bits per heavy atom. The van der Waals surface area contributed by atoms with Gasteiger partial charge in [0.2, 0.25) is 11.8 Å². The number of hydrogen-bond acceptors (Lipinski definition) is 4. The number of aromatic nitrogens is 2. The molecule has 0 aliphatic carbocycles. The Labute approximate surface area is 145 Å². The van der Waals surface area contributed by atoms with Crippen LogP contribution in [0.15, 0.2) is 41.4 Å². The van der Waals surface area contributed by atoms with E-state index in [1.165, 1.54) is 11.8 Å². The molecule has 0 radical (unpaired) electrons. The molecule has 1 atom stereocenters. The number of hydrogen-bond donors (Lipinski definition) is 1. The number of thioether (sulfide) groups is 1. The third-order valence-electron chi connectivity index (χ3n) is 4.14. The zero-order valence-electron chi connectivity index (χ0n) is 13.9. The van der Waals surface area contributed by atoms with Gasteiger partial charge in [-0.3, -0.25) is 14.3 Å². The maximum atomic E-state index is 13.0. The third kappa shape index (κ3) is 2.80. The average Bonchev–Trinajstić information content (AvgIpc) is 3.02. The molecule has 126 valence electrons. The summed E-state index contributed by atoms with van der Waals surface area (Å²) in [5, 5.41) is 7.06. The highest BCUT2D eigenvalue weighted by Gasteiger charge is 2.47. The van der Waals surface area contributed by atoms with Crippen molar-refractivity contribution in [3.05, 3.63) is 42.2 Å². The van der Waals surface area contributed by atoms with Gasteiger partial charge >= 0.3 is 0 Å². The van der Waals surface area contributed by atoms with E-state index >= 15 is 0 Å². The first-order valence-electron chi connectivity index (χ1n) is 7.81. The lowest BCUT2D eigenvalue weighted by atomic mass is 10.1. The smallest absolute Gasteiger partial charge is 0.250 e. The number of anilines is 1. The predicted molar refractivity (Wildman–Crippen MR) is 93.7 cm³/mol. The minimum Gasteiger partial charge on any atom is -0.338 e. The minimum atomic E-state index is -1.18. The number of carbonyl (C=O) groups is 2. The molecule has 6 nitrogen and oxygen atoms in total. The summed E-state index contributed by atoms with van der Waals surface area (Å²) < 4.78 is 0.662. The summed E-state index contributed by atoms with van der Waals surface area (Å²) in [6.07, 6.45) is 1.72. The van der Waals surface area contributed by atoms with Gasteiger partial charge in [0.1, 0.15) is 0 Å².